The van der Waals surface area contributed by atoms with Gasteiger partial charge in [0.25, 0.3) is 0 Å². The summed E-state index contributed by atoms with van der Waals surface area (Å²) in [6.45, 7) is 0.422. The Kier molecular flexibility index (Phi) is 6.06. The number of hydrogen-bond donors (Lipinski definition) is 3. The summed E-state index contributed by atoms with van der Waals surface area (Å²) in [5.74, 6) is 0.738. The average molecular weight is 438 g/mol. The lowest BCUT2D eigenvalue weighted by atomic mass is 10.1. The predicted molar refractivity (Wildman–Crippen MR) is 118 cm³/mol. The van der Waals surface area contributed by atoms with Crippen LogP contribution in [-0.4, -0.2) is 26.9 Å². The van der Waals surface area contributed by atoms with Crippen LogP contribution in [0.2, 0.25) is 5.02 Å². The Morgan fingerprint density at radius 1 is 1.29 bits per heavy atom. The van der Waals surface area contributed by atoms with Gasteiger partial charge in [0, 0.05) is 36.3 Å². The maximum absolute atomic E-state index is 12.7. The smallest absolute Gasteiger partial charge is 0.326 e. The first-order valence-corrected chi connectivity index (χ1v) is 10.0. The number of hydrogen-bond acceptors (Lipinski definition) is 6. The van der Waals surface area contributed by atoms with E-state index in [0.717, 1.165) is 11.1 Å². The van der Waals surface area contributed by atoms with Crippen molar-refractivity contribution in [1.29, 1.82) is 0 Å². The summed E-state index contributed by atoms with van der Waals surface area (Å²) < 4.78 is 0. The molecule has 4 N–H and O–H groups in total. The van der Waals surface area contributed by atoms with Gasteiger partial charge in [0.2, 0.25) is 5.91 Å². The number of nitrogens with zero attached hydrogens (tertiary/aromatic N) is 4. The Bertz CT molecular complexity index is 1120. The molecular weight excluding hydrogens is 418 g/mol. The fourth-order valence-corrected chi connectivity index (χ4v) is 3.42. The third-order valence-electron chi connectivity index (χ3n) is 4.78. The second kappa shape index (κ2) is 9.07. The van der Waals surface area contributed by atoms with Crippen molar-refractivity contribution in [3.05, 3.63) is 70.9 Å². The number of amides is 3. The van der Waals surface area contributed by atoms with Crippen LogP contribution in [0.15, 0.2) is 48.9 Å². The van der Waals surface area contributed by atoms with Crippen molar-refractivity contribution in [3.63, 3.8) is 0 Å². The second-order valence-electron chi connectivity index (χ2n) is 6.96. The molecule has 31 heavy (non-hydrogen) atoms. The maximum atomic E-state index is 12.7. The number of carbonyl (C=O) groups is 2. The van der Waals surface area contributed by atoms with Gasteiger partial charge in [-0.2, -0.15) is 0 Å². The van der Waals surface area contributed by atoms with Crippen LogP contribution in [0.25, 0.3) is 0 Å². The molecule has 0 atom stereocenters. The molecule has 158 valence electrons. The zero-order chi connectivity index (χ0) is 21.8. The Hall–Kier alpha value is -3.56. The molecule has 1 aromatic carbocycles. The van der Waals surface area contributed by atoms with Crippen molar-refractivity contribution < 1.29 is 9.59 Å². The molecule has 3 amide bonds. The fourth-order valence-electron chi connectivity index (χ4n) is 3.20. The topological polar surface area (TPSA) is 126 Å². The second-order valence-corrected chi connectivity index (χ2v) is 7.36. The molecule has 4 rings (SSSR count). The summed E-state index contributed by atoms with van der Waals surface area (Å²) in [4.78, 5) is 39.0. The van der Waals surface area contributed by atoms with Crippen LogP contribution in [-0.2, 0) is 24.3 Å². The first-order chi connectivity index (χ1) is 15.0. The first-order valence-electron chi connectivity index (χ1n) is 9.65. The Morgan fingerprint density at radius 2 is 2.16 bits per heavy atom. The summed E-state index contributed by atoms with van der Waals surface area (Å²) in [7, 11) is 0. The molecule has 0 aliphatic carbocycles. The van der Waals surface area contributed by atoms with Gasteiger partial charge < -0.3 is 11.1 Å². The lowest BCUT2D eigenvalue weighted by Crippen LogP contribution is -2.39. The van der Waals surface area contributed by atoms with Crippen LogP contribution in [0.1, 0.15) is 23.4 Å². The maximum Gasteiger partial charge on any atom is 0.327 e. The molecular formula is C21H20ClN7O2. The molecule has 1 aliphatic heterocycles. The molecule has 0 bridgehead atoms. The lowest BCUT2D eigenvalue weighted by molar-refractivity contribution is -0.116. The van der Waals surface area contributed by atoms with Crippen molar-refractivity contribution in [2.24, 2.45) is 5.73 Å². The fraction of sp³-hybridized carbons (Fsp3) is 0.190. The standard InChI is InChI=1S/C21H20ClN7O2/c22-16-5-4-15(26-19(30)6-3-13-2-1-7-24-10-13)8-17(16)29-12-14-11-25-18(9-23)27-20(14)28-21(29)31/h1-2,4-5,7-8,10-11H,3,6,9,12,23H2,(H,26,30)(H,25,27,28,31). The number of aryl methyl sites for hydroxylation is 1. The minimum absolute atomic E-state index is 0.145. The Labute approximate surface area is 183 Å². The van der Waals surface area contributed by atoms with Crippen molar-refractivity contribution >= 4 is 40.7 Å². The SMILES string of the molecule is NCc1ncc2c(n1)NC(=O)N(c1cc(NC(=O)CCc3cccnc3)ccc1Cl)C2. The van der Waals surface area contributed by atoms with Crippen molar-refractivity contribution in [1.82, 2.24) is 15.0 Å². The summed E-state index contributed by atoms with van der Waals surface area (Å²) in [5.41, 5.74) is 8.30. The number of carbonyl (C=O) groups excluding carboxylic acids is 2. The van der Waals surface area contributed by atoms with E-state index in [1.807, 2.05) is 12.1 Å². The highest BCUT2D eigenvalue weighted by atomic mass is 35.5. The van der Waals surface area contributed by atoms with Crippen LogP contribution in [0.5, 0.6) is 0 Å². The van der Waals surface area contributed by atoms with Crippen LogP contribution in [0.4, 0.5) is 22.0 Å². The summed E-state index contributed by atoms with van der Waals surface area (Å²) >= 11 is 6.36. The molecule has 2 aromatic heterocycles. The largest absolute Gasteiger partial charge is 0.327 e. The first kappa shape index (κ1) is 20.7. The van der Waals surface area contributed by atoms with E-state index in [1.165, 1.54) is 4.90 Å². The van der Waals surface area contributed by atoms with Gasteiger partial charge in [0.1, 0.15) is 11.6 Å². The summed E-state index contributed by atoms with van der Waals surface area (Å²) in [5, 5.41) is 5.97. The third-order valence-corrected chi connectivity index (χ3v) is 5.10. The Balaban J connectivity index is 1.48. The summed E-state index contributed by atoms with van der Waals surface area (Å²) in [6.07, 6.45) is 5.95. The number of pyridine rings is 1. The van der Waals surface area contributed by atoms with Gasteiger partial charge in [-0.1, -0.05) is 17.7 Å². The van der Waals surface area contributed by atoms with Gasteiger partial charge in [0.15, 0.2) is 0 Å². The van der Waals surface area contributed by atoms with E-state index >= 15 is 0 Å². The molecule has 0 unspecified atom stereocenters. The van der Waals surface area contributed by atoms with E-state index in [-0.39, 0.29) is 25.0 Å². The molecule has 0 radical (unpaired) electrons. The number of benzene rings is 1. The highest BCUT2D eigenvalue weighted by Gasteiger charge is 2.27. The van der Waals surface area contributed by atoms with Crippen molar-refractivity contribution in [2.75, 3.05) is 15.5 Å². The van der Waals surface area contributed by atoms with E-state index in [4.69, 9.17) is 17.3 Å². The van der Waals surface area contributed by atoms with Gasteiger partial charge in [-0.3, -0.25) is 20.0 Å². The van der Waals surface area contributed by atoms with Gasteiger partial charge in [-0.15, -0.1) is 0 Å². The normalized spacial score (nSPS) is 12.8. The van der Waals surface area contributed by atoms with Gasteiger partial charge in [-0.05, 0) is 36.2 Å². The molecule has 3 heterocycles. The predicted octanol–water partition coefficient (Wildman–Crippen LogP) is 3.11. The van der Waals surface area contributed by atoms with Crippen LogP contribution in [0.3, 0.4) is 0 Å². The average Bonchev–Trinajstić information content (AvgIpc) is 2.79. The van der Waals surface area contributed by atoms with Crippen molar-refractivity contribution in [3.8, 4) is 0 Å². The molecule has 10 heteroatoms. The monoisotopic (exact) mass is 437 g/mol. The number of fused-ring (bicyclic) bond motifs is 1. The third kappa shape index (κ3) is 4.79. The zero-order valence-electron chi connectivity index (χ0n) is 16.5. The summed E-state index contributed by atoms with van der Waals surface area (Å²) in [6, 6.07) is 8.39. The number of anilines is 3. The number of nitrogens with one attached hydrogen (secondary N) is 2. The minimum atomic E-state index is -0.379. The minimum Gasteiger partial charge on any atom is -0.326 e. The van der Waals surface area contributed by atoms with Crippen LogP contribution in [0, 0.1) is 0 Å². The van der Waals surface area contributed by atoms with Crippen LogP contribution >= 0.6 is 11.6 Å². The number of urea groups is 1. The molecule has 0 fully saturated rings. The quantitative estimate of drug-likeness (QED) is 0.544. The molecule has 1 aliphatic rings. The van der Waals surface area contributed by atoms with E-state index in [9.17, 15) is 9.59 Å². The van der Waals surface area contributed by atoms with Gasteiger partial charge in [-0.25, -0.2) is 14.8 Å². The zero-order valence-corrected chi connectivity index (χ0v) is 17.3. The number of nitrogens with two attached hydrogens (primary N) is 1. The molecule has 0 saturated heterocycles. The molecule has 0 spiro atoms. The molecule has 3 aromatic rings. The Morgan fingerprint density at radius 3 is 2.94 bits per heavy atom. The van der Waals surface area contributed by atoms with Crippen LogP contribution < -0.4 is 21.3 Å². The number of halogens is 1. The van der Waals surface area contributed by atoms with E-state index in [2.05, 4.69) is 25.6 Å². The van der Waals surface area contributed by atoms with Gasteiger partial charge >= 0.3 is 6.03 Å². The highest BCUT2D eigenvalue weighted by molar-refractivity contribution is 6.34. The van der Waals surface area contributed by atoms with E-state index < -0.39 is 0 Å². The van der Waals surface area contributed by atoms with Crippen molar-refractivity contribution in [2.45, 2.75) is 25.9 Å². The lowest BCUT2D eigenvalue weighted by Gasteiger charge is -2.29. The number of rotatable bonds is 6. The molecule has 9 nitrogen and oxygen atoms in total. The van der Waals surface area contributed by atoms with E-state index in [1.54, 1.807) is 36.8 Å². The molecule has 0 saturated carbocycles. The highest BCUT2D eigenvalue weighted by Crippen LogP contribution is 2.33. The number of aromatic nitrogens is 3. The van der Waals surface area contributed by atoms with Gasteiger partial charge in [0.05, 0.1) is 23.8 Å². The van der Waals surface area contributed by atoms with E-state index in [0.29, 0.717) is 40.9 Å².